The maximum Gasteiger partial charge on any atom is 0.164 e. The van der Waals surface area contributed by atoms with Crippen molar-refractivity contribution in [2.24, 2.45) is 0 Å². The van der Waals surface area contributed by atoms with Crippen molar-refractivity contribution in [2.75, 3.05) is 0 Å². The smallest absolute Gasteiger partial charge is 0.164 e. The lowest BCUT2D eigenvalue weighted by Crippen LogP contribution is -2.00. The van der Waals surface area contributed by atoms with Crippen LogP contribution in [-0.4, -0.2) is 19.5 Å². The lowest BCUT2D eigenvalue weighted by Gasteiger charge is -2.09. The van der Waals surface area contributed by atoms with Crippen molar-refractivity contribution < 1.29 is 8.83 Å². The van der Waals surface area contributed by atoms with Gasteiger partial charge in [0, 0.05) is 60.8 Å². The summed E-state index contributed by atoms with van der Waals surface area (Å²) in [6.45, 7) is 0. The van der Waals surface area contributed by atoms with E-state index in [1.165, 1.54) is 21.8 Å². The zero-order valence-electron chi connectivity index (χ0n) is 30.4. The summed E-state index contributed by atoms with van der Waals surface area (Å²) in [5.41, 5.74) is 11.5. The Hall–Kier alpha value is -7.83. The first-order valence-electron chi connectivity index (χ1n) is 19.0. The summed E-state index contributed by atoms with van der Waals surface area (Å²) in [6, 6.07) is 62.6. The molecule has 8 aromatic carbocycles. The van der Waals surface area contributed by atoms with E-state index in [2.05, 4.69) is 108 Å². The molecule has 0 fully saturated rings. The van der Waals surface area contributed by atoms with Gasteiger partial charge in [0.2, 0.25) is 0 Å². The highest BCUT2D eigenvalue weighted by molar-refractivity contribution is 6.16. The molecule has 0 N–H and O–H groups in total. The maximum atomic E-state index is 6.62. The first-order chi connectivity index (χ1) is 28.2. The monoisotopic (exact) mass is 730 g/mol. The third-order valence-corrected chi connectivity index (χ3v) is 11.1. The number of aromatic nitrogens is 4. The maximum absolute atomic E-state index is 6.62. The van der Waals surface area contributed by atoms with E-state index < -0.39 is 0 Å². The molecule has 4 aromatic heterocycles. The molecule has 0 saturated carbocycles. The van der Waals surface area contributed by atoms with Crippen LogP contribution in [0.25, 0.3) is 117 Å². The Balaban J connectivity index is 0.997. The number of nitrogens with zero attached hydrogens (tertiary/aromatic N) is 4. The molecule has 0 atom stereocenters. The Kier molecular flexibility index (Phi) is 6.83. The predicted octanol–water partition coefficient (Wildman–Crippen LogP) is 13.4. The molecule has 4 heterocycles. The zero-order chi connectivity index (χ0) is 37.5. The quantitative estimate of drug-likeness (QED) is 0.176. The molecule has 0 unspecified atom stereocenters. The van der Waals surface area contributed by atoms with Crippen LogP contribution in [0.5, 0.6) is 0 Å². The minimum atomic E-state index is 0.593. The molecule has 12 rings (SSSR count). The number of furan rings is 2. The molecule has 0 spiro atoms. The van der Waals surface area contributed by atoms with E-state index in [-0.39, 0.29) is 0 Å². The van der Waals surface area contributed by atoms with Crippen LogP contribution in [0.4, 0.5) is 0 Å². The summed E-state index contributed by atoms with van der Waals surface area (Å²) in [5, 5.41) is 6.56. The first kappa shape index (κ1) is 31.5. The van der Waals surface area contributed by atoms with Gasteiger partial charge in [0.1, 0.15) is 22.3 Å². The normalized spacial score (nSPS) is 11.9. The fraction of sp³-hybridized carbons (Fsp3) is 0. The molecular weight excluding hydrogens is 701 g/mol. The summed E-state index contributed by atoms with van der Waals surface area (Å²) in [4.78, 5) is 15.0. The average molecular weight is 731 g/mol. The Labute approximate surface area is 325 Å². The highest BCUT2D eigenvalue weighted by Crippen LogP contribution is 2.42. The van der Waals surface area contributed by atoms with Gasteiger partial charge < -0.3 is 13.4 Å². The number of rotatable bonds is 5. The lowest BCUT2D eigenvalue weighted by atomic mass is 9.97. The van der Waals surface area contributed by atoms with Gasteiger partial charge in [0.15, 0.2) is 17.5 Å². The lowest BCUT2D eigenvalue weighted by molar-refractivity contribution is 0.668. The van der Waals surface area contributed by atoms with Crippen molar-refractivity contribution in [3.8, 4) is 51.0 Å². The van der Waals surface area contributed by atoms with Crippen LogP contribution in [0.1, 0.15) is 0 Å². The van der Waals surface area contributed by atoms with Crippen LogP contribution in [0, 0.1) is 0 Å². The minimum Gasteiger partial charge on any atom is -0.456 e. The van der Waals surface area contributed by atoms with E-state index in [0.717, 1.165) is 77.4 Å². The largest absolute Gasteiger partial charge is 0.456 e. The summed E-state index contributed by atoms with van der Waals surface area (Å²) >= 11 is 0. The second-order valence-corrected chi connectivity index (χ2v) is 14.4. The molecule has 0 amide bonds. The van der Waals surface area contributed by atoms with E-state index in [0.29, 0.717) is 17.5 Å². The van der Waals surface area contributed by atoms with Gasteiger partial charge in [-0.2, -0.15) is 0 Å². The van der Waals surface area contributed by atoms with Crippen molar-refractivity contribution in [3.05, 3.63) is 182 Å². The van der Waals surface area contributed by atoms with E-state index >= 15 is 0 Å². The van der Waals surface area contributed by atoms with E-state index in [9.17, 15) is 0 Å². The van der Waals surface area contributed by atoms with Crippen LogP contribution < -0.4 is 0 Å². The Morgan fingerprint density at radius 1 is 0.333 bits per heavy atom. The van der Waals surface area contributed by atoms with Gasteiger partial charge in [0.25, 0.3) is 0 Å². The molecule has 0 aliphatic rings. The van der Waals surface area contributed by atoms with E-state index in [1.54, 1.807) is 0 Å². The summed E-state index contributed by atoms with van der Waals surface area (Å²) in [5.74, 6) is 1.83. The number of para-hydroxylation sites is 2. The van der Waals surface area contributed by atoms with Gasteiger partial charge in [-0.1, -0.05) is 127 Å². The van der Waals surface area contributed by atoms with Crippen LogP contribution >= 0.6 is 0 Å². The van der Waals surface area contributed by atoms with Gasteiger partial charge in [-0.05, 0) is 59.7 Å². The molecule has 6 nitrogen and oxygen atoms in total. The molecule has 0 aliphatic carbocycles. The van der Waals surface area contributed by atoms with Crippen molar-refractivity contribution >= 4 is 65.7 Å². The molecule has 0 aliphatic heterocycles. The summed E-state index contributed by atoms with van der Waals surface area (Å²) in [6.07, 6.45) is 0. The highest BCUT2D eigenvalue weighted by Gasteiger charge is 2.20. The van der Waals surface area contributed by atoms with Gasteiger partial charge in [-0.25, -0.2) is 15.0 Å². The topological polar surface area (TPSA) is 69.9 Å². The van der Waals surface area contributed by atoms with E-state index in [1.807, 2.05) is 78.9 Å². The first-order valence-corrected chi connectivity index (χ1v) is 19.0. The Morgan fingerprint density at radius 2 is 0.842 bits per heavy atom. The van der Waals surface area contributed by atoms with Gasteiger partial charge in [-0.3, -0.25) is 0 Å². The Bertz CT molecular complexity index is 3410. The van der Waals surface area contributed by atoms with Gasteiger partial charge in [-0.15, -0.1) is 0 Å². The molecule has 6 heteroatoms. The van der Waals surface area contributed by atoms with Crippen LogP contribution in [0.15, 0.2) is 191 Å². The summed E-state index contributed by atoms with van der Waals surface area (Å²) in [7, 11) is 0. The SMILES string of the molecule is c1ccc(-c2nc(-c3ccccc3)nc(-c3cccc4oc5cc(-c6cccc7oc8cc(-n9c%10ccccc%10c%10ccccc%109)ccc8c67)ccc5c34)n2)cc1. The van der Waals surface area contributed by atoms with Crippen molar-refractivity contribution in [1.29, 1.82) is 0 Å². The van der Waals surface area contributed by atoms with Crippen molar-refractivity contribution in [3.63, 3.8) is 0 Å². The van der Waals surface area contributed by atoms with Crippen molar-refractivity contribution in [1.82, 2.24) is 19.5 Å². The fourth-order valence-electron chi connectivity index (χ4n) is 8.50. The van der Waals surface area contributed by atoms with Crippen LogP contribution in [-0.2, 0) is 0 Å². The minimum absolute atomic E-state index is 0.593. The second-order valence-electron chi connectivity index (χ2n) is 14.4. The highest BCUT2D eigenvalue weighted by atomic mass is 16.3. The number of benzene rings is 8. The molecule has 266 valence electrons. The second kappa shape index (κ2) is 12.3. The fourth-order valence-corrected chi connectivity index (χ4v) is 8.50. The Morgan fingerprint density at radius 3 is 1.47 bits per heavy atom. The number of hydrogen-bond donors (Lipinski definition) is 0. The van der Waals surface area contributed by atoms with Gasteiger partial charge in [0.05, 0.1) is 11.0 Å². The zero-order valence-corrected chi connectivity index (χ0v) is 30.4. The average Bonchev–Trinajstić information content (AvgIpc) is 3.96. The molecule has 12 aromatic rings. The summed E-state index contributed by atoms with van der Waals surface area (Å²) < 4.78 is 15.5. The molecular formula is C51H30N4O2. The standard InChI is InChI=1S/C51H30N4O2/c1-3-13-31(14-4-1)49-52-50(32-15-5-2-6-16-32)54-51(53-49)40-20-12-24-44-48(40)38-27-25-33(29-45(38)56-44)35-19-11-23-43-47(35)39-28-26-34(30-46(39)57-43)55-41-21-9-7-17-36(41)37-18-8-10-22-42(37)55/h1-30H. The van der Waals surface area contributed by atoms with Crippen LogP contribution in [0.2, 0.25) is 0 Å². The third-order valence-electron chi connectivity index (χ3n) is 11.1. The number of hydrogen-bond acceptors (Lipinski definition) is 5. The van der Waals surface area contributed by atoms with Crippen molar-refractivity contribution in [2.45, 2.75) is 0 Å². The van der Waals surface area contributed by atoms with Gasteiger partial charge >= 0.3 is 0 Å². The number of fused-ring (bicyclic) bond motifs is 9. The third kappa shape index (κ3) is 4.94. The predicted molar refractivity (Wildman–Crippen MR) is 230 cm³/mol. The molecule has 57 heavy (non-hydrogen) atoms. The molecule has 0 bridgehead atoms. The molecule has 0 radical (unpaired) electrons. The molecule has 0 saturated heterocycles. The van der Waals surface area contributed by atoms with E-state index in [4.69, 9.17) is 23.8 Å². The van der Waals surface area contributed by atoms with Crippen LogP contribution in [0.3, 0.4) is 0 Å².